The summed E-state index contributed by atoms with van der Waals surface area (Å²) in [7, 11) is 2.12. The Morgan fingerprint density at radius 1 is 0.969 bits per heavy atom. The lowest BCUT2D eigenvalue weighted by molar-refractivity contribution is -0.122. The van der Waals surface area contributed by atoms with Gasteiger partial charge in [0.1, 0.15) is 0 Å². The van der Waals surface area contributed by atoms with Crippen LogP contribution >= 0.6 is 0 Å². The molecule has 2 aromatic carbocycles. The summed E-state index contributed by atoms with van der Waals surface area (Å²) in [6.07, 6.45) is 0.0799. The Hall–Kier alpha value is -3.03. The van der Waals surface area contributed by atoms with Crippen LogP contribution in [0, 0.1) is 6.92 Å². The Kier molecular flexibility index (Phi) is 6.67. The monoisotopic (exact) mass is 434 g/mol. The lowest BCUT2D eigenvalue weighted by atomic mass is 10.1. The summed E-state index contributed by atoms with van der Waals surface area (Å²) in [5.41, 5.74) is 2.82. The number of hydrogen-bond acceptors (Lipinski definition) is 5. The van der Waals surface area contributed by atoms with E-state index in [-0.39, 0.29) is 36.7 Å². The zero-order chi connectivity index (χ0) is 22.7. The minimum Gasteiger partial charge on any atom is -0.348 e. The number of fused-ring (bicyclic) bond motifs is 1. The van der Waals surface area contributed by atoms with Gasteiger partial charge in [-0.1, -0.05) is 42.0 Å². The fraction of sp³-hybridized carbons (Fsp3) is 0.400. The second-order valence-electron chi connectivity index (χ2n) is 8.70. The van der Waals surface area contributed by atoms with Gasteiger partial charge in [-0.05, 0) is 31.7 Å². The predicted molar refractivity (Wildman–Crippen MR) is 122 cm³/mol. The molecular formula is C25H30N4O3. The first-order chi connectivity index (χ1) is 15.4. The van der Waals surface area contributed by atoms with Crippen LogP contribution in [0.3, 0.4) is 0 Å². The van der Waals surface area contributed by atoms with Gasteiger partial charge in [-0.3, -0.25) is 24.2 Å². The van der Waals surface area contributed by atoms with Crippen molar-refractivity contribution in [2.75, 3.05) is 46.3 Å². The van der Waals surface area contributed by atoms with Crippen LogP contribution in [-0.4, -0.2) is 78.7 Å². The number of carbonyl (C=O) groups is 3. The lowest BCUT2D eigenvalue weighted by Gasteiger charge is -2.35. The lowest BCUT2D eigenvalue weighted by Crippen LogP contribution is -2.48. The van der Waals surface area contributed by atoms with E-state index in [0.717, 1.165) is 43.9 Å². The quantitative estimate of drug-likeness (QED) is 0.676. The summed E-state index contributed by atoms with van der Waals surface area (Å²) in [6, 6.07) is 15.0. The van der Waals surface area contributed by atoms with E-state index in [1.165, 1.54) is 4.90 Å². The Balaban J connectivity index is 1.38. The minimum atomic E-state index is -0.324. The Bertz CT molecular complexity index is 1000. The number of piperazine rings is 1. The average molecular weight is 435 g/mol. The molecule has 7 heteroatoms. The highest BCUT2D eigenvalue weighted by molar-refractivity contribution is 6.21. The highest BCUT2D eigenvalue weighted by Gasteiger charge is 2.35. The van der Waals surface area contributed by atoms with Crippen LogP contribution in [0.5, 0.6) is 0 Å². The topological polar surface area (TPSA) is 73.0 Å². The number of imide groups is 1. The van der Waals surface area contributed by atoms with Crippen LogP contribution in [0.1, 0.15) is 44.3 Å². The molecule has 0 saturated carbocycles. The van der Waals surface area contributed by atoms with E-state index in [2.05, 4.69) is 22.2 Å². The highest BCUT2D eigenvalue weighted by atomic mass is 16.2. The van der Waals surface area contributed by atoms with Gasteiger partial charge >= 0.3 is 0 Å². The molecule has 0 aromatic heterocycles. The highest BCUT2D eigenvalue weighted by Crippen LogP contribution is 2.24. The third-order valence-electron chi connectivity index (χ3n) is 6.26. The summed E-state index contributed by atoms with van der Waals surface area (Å²) in [5.74, 6) is -0.811. The van der Waals surface area contributed by atoms with Crippen molar-refractivity contribution >= 4 is 17.7 Å². The fourth-order valence-corrected chi connectivity index (χ4v) is 4.30. The van der Waals surface area contributed by atoms with Gasteiger partial charge in [-0.25, -0.2) is 0 Å². The summed E-state index contributed by atoms with van der Waals surface area (Å²) in [6.45, 7) is 6.64. The second kappa shape index (κ2) is 9.63. The number of amides is 3. The van der Waals surface area contributed by atoms with Crippen molar-refractivity contribution in [3.05, 3.63) is 70.8 Å². The van der Waals surface area contributed by atoms with E-state index in [0.29, 0.717) is 11.1 Å². The molecule has 0 aliphatic carbocycles. The number of nitrogens with one attached hydrogen (secondary N) is 1. The van der Waals surface area contributed by atoms with Crippen LogP contribution in [0.2, 0.25) is 0 Å². The number of aryl methyl sites for hydroxylation is 1. The van der Waals surface area contributed by atoms with Crippen molar-refractivity contribution in [3.63, 3.8) is 0 Å². The second-order valence-corrected chi connectivity index (χ2v) is 8.70. The molecule has 2 aromatic rings. The largest absolute Gasteiger partial charge is 0.348 e. The molecule has 1 atom stereocenters. The molecule has 2 aliphatic rings. The number of carbonyl (C=O) groups excluding carboxylic acids is 3. The predicted octanol–water partition coefficient (Wildman–Crippen LogP) is 2.09. The van der Waals surface area contributed by atoms with Gasteiger partial charge in [0.15, 0.2) is 0 Å². The molecule has 1 N–H and O–H groups in total. The molecule has 7 nitrogen and oxygen atoms in total. The van der Waals surface area contributed by atoms with Crippen molar-refractivity contribution in [1.29, 1.82) is 0 Å². The van der Waals surface area contributed by atoms with Crippen molar-refractivity contribution in [2.45, 2.75) is 19.4 Å². The smallest absolute Gasteiger partial charge is 0.261 e. The van der Waals surface area contributed by atoms with Crippen LogP contribution in [0.15, 0.2) is 48.5 Å². The van der Waals surface area contributed by atoms with Crippen molar-refractivity contribution in [2.24, 2.45) is 0 Å². The Morgan fingerprint density at radius 3 is 2.38 bits per heavy atom. The standard InChI is InChI=1S/C25H30N4O3/c1-18-8-9-20-21(16-18)25(32)29(24(20)31)11-10-23(30)26-22(19-6-4-3-5-7-19)17-28-14-12-27(2)13-15-28/h3-9,16,22H,10-15,17H2,1-2H3,(H,26,30). The molecule has 1 unspecified atom stereocenters. The number of benzene rings is 2. The van der Waals surface area contributed by atoms with Crippen molar-refractivity contribution < 1.29 is 14.4 Å². The zero-order valence-corrected chi connectivity index (χ0v) is 18.7. The van der Waals surface area contributed by atoms with Crippen LogP contribution < -0.4 is 5.32 Å². The first-order valence-electron chi connectivity index (χ1n) is 11.1. The number of rotatable bonds is 7. The van der Waals surface area contributed by atoms with Gasteiger partial charge in [0.05, 0.1) is 17.2 Å². The van der Waals surface area contributed by atoms with Crippen molar-refractivity contribution in [3.8, 4) is 0 Å². The van der Waals surface area contributed by atoms with Gasteiger partial charge in [-0.2, -0.15) is 0 Å². The number of hydrogen-bond donors (Lipinski definition) is 1. The van der Waals surface area contributed by atoms with Gasteiger partial charge in [0.2, 0.25) is 5.91 Å². The van der Waals surface area contributed by atoms with E-state index in [1.54, 1.807) is 12.1 Å². The molecule has 1 saturated heterocycles. The molecular weight excluding hydrogens is 404 g/mol. The minimum absolute atomic E-state index is 0.0766. The Labute approximate surface area is 189 Å². The first-order valence-corrected chi connectivity index (χ1v) is 11.1. The SMILES string of the molecule is Cc1ccc2c(c1)C(=O)N(CCC(=O)NC(CN1CCN(C)CC1)c1ccccc1)C2=O. The molecule has 1 fully saturated rings. The maximum atomic E-state index is 12.8. The fourth-order valence-electron chi connectivity index (χ4n) is 4.30. The number of likely N-dealkylation sites (N-methyl/N-ethyl adjacent to an activating group) is 1. The van der Waals surface area contributed by atoms with Gasteiger partial charge < -0.3 is 10.2 Å². The van der Waals surface area contributed by atoms with Gasteiger partial charge in [-0.15, -0.1) is 0 Å². The van der Waals surface area contributed by atoms with Crippen LogP contribution in [0.25, 0.3) is 0 Å². The van der Waals surface area contributed by atoms with Gasteiger partial charge in [0.25, 0.3) is 11.8 Å². The molecule has 4 rings (SSSR count). The maximum Gasteiger partial charge on any atom is 0.261 e. The average Bonchev–Trinajstić information content (AvgIpc) is 3.03. The molecule has 2 aliphatic heterocycles. The van der Waals surface area contributed by atoms with E-state index in [9.17, 15) is 14.4 Å². The van der Waals surface area contributed by atoms with E-state index >= 15 is 0 Å². The summed E-state index contributed by atoms with van der Waals surface area (Å²) < 4.78 is 0. The Morgan fingerprint density at radius 2 is 1.66 bits per heavy atom. The molecule has 0 bridgehead atoms. The van der Waals surface area contributed by atoms with Crippen molar-refractivity contribution in [1.82, 2.24) is 20.0 Å². The summed E-state index contributed by atoms with van der Waals surface area (Å²) in [4.78, 5) is 44.0. The summed E-state index contributed by atoms with van der Waals surface area (Å²) in [5, 5.41) is 3.13. The molecule has 2 heterocycles. The first kappa shape index (κ1) is 22.2. The third-order valence-corrected chi connectivity index (χ3v) is 6.26. The zero-order valence-electron chi connectivity index (χ0n) is 18.7. The van der Waals surface area contributed by atoms with E-state index in [4.69, 9.17) is 0 Å². The molecule has 0 radical (unpaired) electrons. The normalized spacial score (nSPS) is 18.0. The molecule has 3 amide bonds. The van der Waals surface area contributed by atoms with E-state index in [1.807, 2.05) is 43.3 Å². The van der Waals surface area contributed by atoms with Crippen LogP contribution in [0.4, 0.5) is 0 Å². The molecule has 168 valence electrons. The van der Waals surface area contributed by atoms with E-state index < -0.39 is 0 Å². The van der Waals surface area contributed by atoms with Crippen LogP contribution in [-0.2, 0) is 4.79 Å². The molecule has 0 spiro atoms. The molecule has 32 heavy (non-hydrogen) atoms. The van der Waals surface area contributed by atoms with Gasteiger partial charge in [0, 0.05) is 45.7 Å². The number of nitrogens with zero attached hydrogens (tertiary/aromatic N) is 3. The third kappa shape index (κ3) is 4.89. The summed E-state index contributed by atoms with van der Waals surface area (Å²) >= 11 is 0. The maximum absolute atomic E-state index is 12.8.